The number of pyridine rings is 1. The van der Waals surface area contributed by atoms with Crippen LogP contribution in [0.4, 0.5) is 0 Å². The zero-order valence-corrected chi connectivity index (χ0v) is 11.8. The highest BCUT2D eigenvalue weighted by molar-refractivity contribution is 5.44. The van der Waals surface area contributed by atoms with Gasteiger partial charge in [-0.15, -0.1) is 0 Å². The van der Waals surface area contributed by atoms with Gasteiger partial charge in [-0.25, -0.2) is 0 Å². The molecule has 0 saturated carbocycles. The molecule has 3 heteroatoms. The summed E-state index contributed by atoms with van der Waals surface area (Å²) in [7, 11) is 1.65. The fourth-order valence-electron chi connectivity index (χ4n) is 2.19. The van der Waals surface area contributed by atoms with Crippen molar-refractivity contribution < 1.29 is 9.84 Å². The van der Waals surface area contributed by atoms with Crippen LogP contribution in [-0.2, 0) is 0 Å². The van der Waals surface area contributed by atoms with E-state index in [9.17, 15) is 5.11 Å². The van der Waals surface area contributed by atoms with Gasteiger partial charge < -0.3 is 9.84 Å². The van der Waals surface area contributed by atoms with E-state index in [1.165, 1.54) is 0 Å². The van der Waals surface area contributed by atoms with Crippen LogP contribution in [0.25, 0.3) is 0 Å². The third-order valence-corrected chi connectivity index (χ3v) is 3.29. The van der Waals surface area contributed by atoms with Crippen molar-refractivity contribution in [2.24, 2.45) is 0 Å². The van der Waals surface area contributed by atoms with Crippen LogP contribution in [0.3, 0.4) is 0 Å². The maximum atomic E-state index is 10.5. The van der Waals surface area contributed by atoms with Crippen molar-refractivity contribution in [1.29, 1.82) is 0 Å². The predicted molar refractivity (Wildman–Crippen MR) is 75.5 cm³/mol. The van der Waals surface area contributed by atoms with Gasteiger partial charge in [0, 0.05) is 6.20 Å². The minimum Gasteiger partial charge on any atom is -0.496 e. The van der Waals surface area contributed by atoms with Crippen LogP contribution in [-0.4, -0.2) is 17.2 Å². The monoisotopic (exact) mass is 257 g/mol. The number of aromatic nitrogens is 1. The molecule has 1 unspecified atom stereocenters. The number of benzene rings is 1. The molecule has 0 aliphatic carbocycles. The summed E-state index contributed by atoms with van der Waals surface area (Å²) in [5.74, 6) is 0.839. The number of hydrogen-bond acceptors (Lipinski definition) is 3. The maximum absolute atomic E-state index is 10.5. The van der Waals surface area contributed by atoms with Gasteiger partial charge in [-0.2, -0.15) is 0 Å². The molecule has 1 N–H and O–H groups in total. The molecule has 1 heterocycles. The van der Waals surface area contributed by atoms with E-state index in [-0.39, 0.29) is 0 Å². The smallest absolute Gasteiger partial charge is 0.122 e. The quantitative estimate of drug-likeness (QED) is 0.918. The summed E-state index contributed by atoms with van der Waals surface area (Å²) in [4.78, 5) is 4.25. The minimum atomic E-state index is -0.704. The normalized spacial score (nSPS) is 12.3. The Morgan fingerprint density at radius 3 is 2.47 bits per heavy atom. The first kappa shape index (κ1) is 13.6. The minimum absolute atomic E-state index is 0.674. The second-order valence-corrected chi connectivity index (χ2v) is 4.84. The van der Waals surface area contributed by atoms with Crippen molar-refractivity contribution >= 4 is 0 Å². The van der Waals surface area contributed by atoms with Crippen LogP contribution in [0.1, 0.15) is 34.1 Å². The van der Waals surface area contributed by atoms with E-state index in [0.717, 1.165) is 28.0 Å². The van der Waals surface area contributed by atoms with Gasteiger partial charge in [0.25, 0.3) is 0 Å². The van der Waals surface area contributed by atoms with Crippen LogP contribution >= 0.6 is 0 Å². The lowest BCUT2D eigenvalue weighted by Crippen LogP contribution is -2.05. The van der Waals surface area contributed by atoms with Gasteiger partial charge >= 0.3 is 0 Å². The molecule has 1 aromatic carbocycles. The highest BCUT2D eigenvalue weighted by Crippen LogP contribution is 2.29. The third kappa shape index (κ3) is 2.76. The topological polar surface area (TPSA) is 42.4 Å². The zero-order chi connectivity index (χ0) is 14.0. The lowest BCUT2D eigenvalue weighted by Gasteiger charge is -2.16. The van der Waals surface area contributed by atoms with Gasteiger partial charge in [-0.3, -0.25) is 4.98 Å². The second kappa shape index (κ2) is 5.41. The number of hydrogen-bond donors (Lipinski definition) is 1. The summed E-state index contributed by atoms with van der Waals surface area (Å²) in [5.41, 5.74) is 4.64. The summed E-state index contributed by atoms with van der Waals surface area (Å²) < 4.78 is 5.29. The Labute approximate surface area is 113 Å². The fraction of sp³-hybridized carbons (Fsp3) is 0.312. The molecular weight excluding hydrogens is 238 g/mol. The molecule has 0 bridgehead atoms. The Morgan fingerprint density at radius 2 is 1.84 bits per heavy atom. The van der Waals surface area contributed by atoms with Crippen molar-refractivity contribution in [3.8, 4) is 5.75 Å². The van der Waals surface area contributed by atoms with Gasteiger partial charge in [0.15, 0.2) is 0 Å². The lowest BCUT2D eigenvalue weighted by molar-refractivity contribution is 0.214. The van der Waals surface area contributed by atoms with Crippen LogP contribution in [0.15, 0.2) is 30.5 Å². The van der Waals surface area contributed by atoms with Crippen molar-refractivity contribution in [2.45, 2.75) is 26.9 Å². The second-order valence-electron chi connectivity index (χ2n) is 4.84. The number of methoxy groups -OCH3 is 1. The molecule has 0 amide bonds. The third-order valence-electron chi connectivity index (χ3n) is 3.29. The van der Waals surface area contributed by atoms with E-state index in [0.29, 0.717) is 5.69 Å². The first-order valence-electron chi connectivity index (χ1n) is 6.28. The maximum Gasteiger partial charge on any atom is 0.122 e. The summed E-state index contributed by atoms with van der Waals surface area (Å²) in [6.45, 7) is 5.93. The first-order chi connectivity index (χ1) is 9.02. The van der Waals surface area contributed by atoms with E-state index >= 15 is 0 Å². The van der Waals surface area contributed by atoms with Crippen LogP contribution in [0.5, 0.6) is 5.75 Å². The Kier molecular flexibility index (Phi) is 3.86. The molecule has 2 aromatic rings. The molecule has 100 valence electrons. The van der Waals surface area contributed by atoms with E-state index in [2.05, 4.69) is 4.98 Å². The summed E-state index contributed by atoms with van der Waals surface area (Å²) in [6.07, 6.45) is 1.02. The van der Waals surface area contributed by atoms with Crippen LogP contribution in [0, 0.1) is 20.8 Å². The number of aryl methyl sites for hydroxylation is 3. The number of aliphatic hydroxyl groups excluding tert-OH is 1. The standard InChI is InChI=1S/C16H19NO2/c1-10-5-6-17-14(7-10)16(18)13-8-12(3)15(19-4)9-11(13)2/h5-9,16,18H,1-4H3. The Balaban J connectivity index is 2.44. The fourth-order valence-corrected chi connectivity index (χ4v) is 2.19. The molecule has 0 spiro atoms. The highest BCUT2D eigenvalue weighted by Gasteiger charge is 2.16. The molecule has 0 radical (unpaired) electrons. The summed E-state index contributed by atoms with van der Waals surface area (Å²) in [6, 6.07) is 7.73. The first-order valence-corrected chi connectivity index (χ1v) is 6.28. The number of aliphatic hydroxyl groups is 1. The number of ether oxygens (including phenoxy) is 1. The van der Waals surface area contributed by atoms with Crippen molar-refractivity contribution in [3.63, 3.8) is 0 Å². The molecule has 2 rings (SSSR count). The van der Waals surface area contributed by atoms with Gasteiger partial charge in [0.1, 0.15) is 11.9 Å². The van der Waals surface area contributed by atoms with E-state index in [1.54, 1.807) is 13.3 Å². The molecule has 1 aromatic heterocycles. The van der Waals surface area contributed by atoms with Crippen LogP contribution < -0.4 is 4.74 Å². The van der Waals surface area contributed by atoms with Gasteiger partial charge in [-0.1, -0.05) is 0 Å². The number of nitrogens with zero attached hydrogens (tertiary/aromatic N) is 1. The summed E-state index contributed by atoms with van der Waals surface area (Å²) >= 11 is 0. The molecule has 0 saturated heterocycles. The van der Waals surface area contributed by atoms with Gasteiger partial charge in [-0.05, 0) is 67.3 Å². The van der Waals surface area contributed by atoms with Crippen LogP contribution in [0.2, 0.25) is 0 Å². The largest absolute Gasteiger partial charge is 0.496 e. The molecular formula is C16H19NO2. The van der Waals surface area contributed by atoms with Crippen molar-refractivity contribution in [1.82, 2.24) is 4.98 Å². The lowest BCUT2D eigenvalue weighted by atomic mass is 9.97. The Hall–Kier alpha value is -1.87. The number of rotatable bonds is 3. The Morgan fingerprint density at radius 1 is 1.11 bits per heavy atom. The molecule has 0 aliphatic heterocycles. The van der Waals surface area contributed by atoms with E-state index in [1.807, 2.05) is 45.0 Å². The summed E-state index contributed by atoms with van der Waals surface area (Å²) in [5, 5.41) is 10.5. The SMILES string of the molecule is COc1cc(C)c(C(O)c2cc(C)ccn2)cc1C. The molecule has 0 fully saturated rings. The van der Waals surface area contributed by atoms with Crippen molar-refractivity contribution in [2.75, 3.05) is 7.11 Å². The highest BCUT2D eigenvalue weighted by atomic mass is 16.5. The molecule has 1 atom stereocenters. The predicted octanol–water partition coefficient (Wildman–Crippen LogP) is 3.10. The van der Waals surface area contributed by atoms with Crippen molar-refractivity contribution in [3.05, 3.63) is 58.4 Å². The van der Waals surface area contributed by atoms with Gasteiger partial charge in [0.2, 0.25) is 0 Å². The zero-order valence-electron chi connectivity index (χ0n) is 11.8. The Bertz CT molecular complexity index is 593. The van der Waals surface area contributed by atoms with Gasteiger partial charge in [0.05, 0.1) is 12.8 Å². The average molecular weight is 257 g/mol. The molecule has 3 nitrogen and oxygen atoms in total. The van der Waals surface area contributed by atoms with E-state index in [4.69, 9.17) is 4.74 Å². The molecule has 0 aliphatic rings. The average Bonchev–Trinajstić information content (AvgIpc) is 2.40. The van der Waals surface area contributed by atoms with E-state index < -0.39 is 6.10 Å². The molecule has 19 heavy (non-hydrogen) atoms.